The molecule has 3 heterocycles. The zero-order valence-corrected chi connectivity index (χ0v) is 17.3. The van der Waals surface area contributed by atoms with Crippen LogP contribution in [0.5, 0.6) is 5.75 Å². The van der Waals surface area contributed by atoms with Crippen LogP contribution < -0.4 is 10.1 Å². The number of carbonyl (C=O) groups is 1. The van der Waals surface area contributed by atoms with Crippen molar-refractivity contribution in [1.82, 2.24) is 19.9 Å². The van der Waals surface area contributed by atoms with E-state index in [9.17, 15) is 9.18 Å². The van der Waals surface area contributed by atoms with Gasteiger partial charge < -0.3 is 15.0 Å². The van der Waals surface area contributed by atoms with Crippen LogP contribution in [0, 0.1) is 12.7 Å². The van der Waals surface area contributed by atoms with Crippen LogP contribution in [0.2, 0.25) is 0 Å². The van der Waals surface area contributed by atoms with Gasteiger partial charge in [-0.25, -0.2) is 14.4 Å². The van der Waals surface area contributed by atoms with E-state index in [1.807, 2.05) is 24.0 Å². The molecule has 2 aromatic heterocycles. The van der Waals surface area contributed by atoms with Crippen molar-refractivity contribution >= 4 is 17.5 Å². The molecule has 3 aromatic rings. The monoisotopic (exact) mass is 421 g/mol. The number of amides is 1. The third-order valence-corrected chi connectivity index (χ3v) is 5.20. The average Bonchev–Trinajstić information content (AvgIpc) is 3.26. The molecule has 1 aliphatic rings. The molecule has 1 fully saturated rings. The largest absolute Gasteiger partial charge is 0.493 e. The fourth-order valence-corrected chi connectivity index (χ4v) is 3.67. The van der Waals surface area contributed by atoms with Gasteiger partial charge in [0.25, 0.3) is 0 Å². The Bertz CT molecular complexity index is 1060. The second-order valence-corrected chi connectivity index (χ2v) is 7.42. The van der Waals surface area contributed by atoms with Crippen molar-refractivity contribution in [1.29, 1.82) is 0 Å². The lowest BCUT2D eigenvalue weighted by Gasteiger charge is -2.24. The normalized spacial score (nSPS) is 15.7. The topological polar surface area (TPSA) is 80.2 Å². The maximum absolute atomic E-state index is 13.3. The number of likely N-dealkylation sites (tertiary alicyclic amines) is 1. The summed E-state index contributed by atoms with van der Waals surface area (Å²) in [7, 11) is 0. The minimum absolute atomic E-state index is 0.0142. The average molecular weight is 421 g/mol. The van der Waals surface area contributed by atoms with E-state index >= 15 is 0 Å². The van der Waals surface area contributed by atoms with Crippen molar-refractivity contribution in [2.45, 2.75) is 32.2 Å². The van der Waals surface area contributed by atoms with Gasteiger partial charge in [-0.05, 0) is 43.5 Å². The number of carbonyl (C=O) groups excluding carboxylic acids is 1. The number of anilines is 2. The van der Waals surface area contributed by atoms with E-state index in [0.717, 1.165) is 29.9 Å². The number of aryl methyl sites for hydroxylation is 1. The van der Waals surface area contributed by atoms with E-state index in [-0.39, 0.29) is 30.8 Å². The molecule has 1 aliphatic heterocycles. The molecular formula is C23H24FN5O2. The Hall–Kier alpha value is -3.55. The fourth-order valence-electron chi connectivity index (χ4n) is 3.67. The van der Waals surface area contributed by atoms with Crippen LogP contribution in [-0.4, -0.2) is 38.9 Å². The lowest BCUT2D eigenvalue weighted by molar-refractivity contribution is -0.132. The molecule has 0 radical (unpaired) electrons. The quantitative estimate of drug-likeness (QED) is 0.616. The van der Waals surface area contributed by atoms with Crippen molar-refractivity contribution in [3.05, 3.63) is 72.1 Å². The van der Waals surface area contributed by atoms with Crippen LogP contribution >= 0.6 is 0 Å². The van der Waals surface area contributed by atoms with Crippen molar-refractivity contribution in [2.75, 3.05) is 18.5 Å². The molecule has 1 saturated heterocycles. The lowest BCUT2D eigenvalue weighted by atomic mass is 10.1. The Morgan fingerprint density at radius 3 is 3.03 bits per heavy atom. The number of nitrogens with zero attached hydrogens (tertiary/aromatic N) is 4. The van der Waals surface area contributed by atoms with Crippen LogP contribution in [0.3, 0.4) is 0 Å². The molecule has 8 heteroatoms. The highest BCUT2D eigenvalue weighted by Crippen LogP contribution is 2.31. The Morgan fingerprint density at radius 1 is 1.29 bits per heavy atom. The van der Waals surface area contributed by atoms with Gasteiger partial charge in [-0.2, -0.15) is 0 Å². The Morgan fingerprint density at radius 2 is 2.19 bits per heavy atom. The number of ether oxygens (including phenoxy) is 1. The highest BCUT2D eigenvalue weighted by molar-refractivity contribution is 5.77. The molecule has 0 spiro atoms. The number of rotatable bonds is 7. The van der Waals surface area contributed by atoms with Crippen LogP contribution in [0.1, 0.15) is 36.6 Å². The van der Waals surface area contributed by atoms with Crippen LogP contribution in [0.4, 0.5) is 16.0 Å². The zero-order chi connectivity index (χ0) is 21.6. The summed E-state index contributed by atoms with van der Waals surface area (Å²) in [4.78, 5) is 27.9. The molecule has 7 nitrogen and oxygen atoms in total. The molecule has 1 amide bonds. The molecule has 0 aliphatic carbocycles. The smallest absolute Gasteiger partial charge is 0.226 e. The van der Waals surface area contributed by atoms with Crippen molar-refractivity contribution in [2.24, 2.45) is 0 Å². The van der Waals surface area contributed by atoms with Gasteiger partial charge in [0.2, 0.25) is 5.91 Å². The molecule has 0 unspecified atom stereocenters. The molecule has 1 atom stereocenters. The number of aromatic nitrogens is 3. The number of nitrogens with one attached hydrogen (secondary N) is 1. The number of benzene rings is 1. The summed E-state index contributed by atoms with van der Waals surface area (Å²) >= 11 is 0. The van der Waals surface area contributed by atoms with Gasteiger partial charge in [0.15, 0.2) is 0 Å². The second kappa shape index (κ2) is 9.51. The predicted molar refractivity (Wildman–Crippen MR) is 114 cm³/mol. The zero-order valence-electron chi connectivity index (χ0n) is 17.3. The summed E-state index contributed by atoms with van der Waals surface area (Å²) in [6, 6.07) is 9.63. The van der Waals surface area contributed by atoms with Gasteiger partial charge >= 0.3 is 0 Å². The van der Waals surface area contributed by atoms with Gasteiger partial charge in [0, 0.05) is 18.8 Å². The van der Waals surface area contributed by atoms with E-state index in [1.54, 1.807) is 30.7 Å². The summed E-state index contributed by atoms with van der Waals surface area (Å²) in [5.41, 5.74) is 1.75. The third-order valence-electron chi connectivity index (χ3n) is 5.20. The second-order valence-electron chi connectivity index (χ2n) is 7.42. The molecule has 0 bridgehead atoms. The first kappa shape index (κ1) is 20.7. The Labute approximate surface area is 180 Å². The maximum atomic E-state index is 13.3. The standard InChI is InChI=1S/C23H24FN5O2/c1-16-5-3-10-26-23(16)28-21-15-25-14-19(27-21)20-8-4-11-29(20)22(30)9-12-31-18-7-2-6-17(24)13-18/h2-3,5-7,10,13-15,20H,4,8-9,11-12H2,1H3,(H,26,27,28)/t20-/m1/s1. The van der Waals surface area contributed by atoms with Crippen molar-refractivity contribution in [3.8, 4) is 5.75 Å². The number of hydrogen-bond acceptors (Lipinski definition) is 6. The minimum atomic E-state index is -0.364. The SMILES string of the molecule is Cc1cccnc1Nc1cncc([C@H]2CCCN2C(=O)CCOc2cccc(F)c2)n1. The van der Waals surface area contributed by atoms with Gasteiger partial charge in [-0.3, -0.25) is 9.78 Å². The van der Waals surface area contributed by atoms with E-state index < -0.39 is 0 Å². The van der Waals surface area contributed by atoms with E-state index in [0.29, 0.717) is 18.1 Å². The highest BCUT2D eigenvalue weighted by Gasteiger charge is 2.31. The highest BCUT2D eigenvalue weighted by atomic mass is 19.1. The number of halogens is 1. The Balaban J connectivity index is 1.39. The van der Waals surface area contributed by atoms with E-state index in [4.69, 9.17) is 4.74 Å². The van der Waals surface area contributed by atoms with E-state index in [2.05, 4.69) is 20.3 Å². The molecule has 4 rings (SSSR count). The molecule has 31 heavy (non-hydrogen) atoms. The number of hydrogen-bond donors (Lipinski definition) is 1. The van der Waals surface area contributed by atoms with Gasteiger partial charge in [0.05, 0.1) is 37.2 Å². The van der Waals surface area contributed by atoms with Crippen molar-refractivity contribution in [3.63, 3.8) is 0 Å². The van der Waals surface area contributed by atoms with Crippen LogP contribution in [0.15, 0.2) is 55.0 Å². The number of pyridine rings is 1. The lowest BCUT2D eigenvalue weighted by Crippen LogP contribution is -2.32. The van der Waals surface area contributed by atoms with Crippen molar-refractivity contribution < 1.29 is 13.9 Å². The molecule has 160 valence electrons. The molecular weight excluding hydrogens is 397 g/mol. The van der Waals surface area contributed by atoms with Gasteiger partial charge in [0.1, 0.15) is 23.2 Å². The summed E-state index contributed by atoms with van der Waals surface area (Å²) in [5, 5.41) is 3.20. The van der Waals surface area contributed by atoms with E-state index in [1.165, 1.54) is 12.1 Å². The van der Waals surface area contributed by atoms with Gasteiger partial charge in [-0.1, -0.05) is 12.1 Å². The molecule has 1 aromatic carbocycles. The fraction of sp³-hybridized carbons (Fsp3) is 0.304. The first-order valence-electron chi connectivity index (χ1n) is 10.3. The minimum Gasteiger partial charge on any atom is -0.493 e. The summed E-state index contributed by atoms with van der Waals surface area (Å²) < 4.78 is 18.8. The van der Waals surface area contributed by atoms with Crippen LogP contribution in [0.25, 0.3) is 0 Å². The third kappa shape index (κ3) is 5.14. The summed E-state index contributed by atoms with van der Waals surface area (Å²) in [6.07, 6.45) is 7.01. The summed E-state index contributed by atoms with van der Waals surface area (Å²) in [5.74, 6) is 1.35. The van der Waals surface area contributed by atoms with Gasteiger partial charge in [-0.15, -0.1) is 0 Å². The first-order valence-corrected chi connectivity index (χ1v) is 10.3. The molecule has 0 saturated carbocycles. The Kier molecular flexibility index (Phi) is 6.35. The summed E-state index contributed by atoms with van der Waals surface area (Å²) in [6.45, 7) is 2.83. The first-order chi connectivity index (χ1) is 15.1. The van der Waals surface area contributed by atoms with Crippen LogP contribution in [-0.2, 0) is 4.79 Å². The maximum Gasteiger partial charge on any atom is 0.226 e. The molecule has 1 N–H and O–H groups in total. The predicted octanol–water partition coefficient (Wildman–Crippen LogP) is 4.20.